The third-order valence-electron chi connectivity index (χ3n) is 6.51. The monoisotopic (exact) mass is 568 g/mol. The molecule has 2 amide bonds. The van der Waals surface area contributed by atoms with Crippen LogP contribution in [0.1, 0.15) is 44.6 Å². The van der Waals surface area contributed by atoms with E-state index in [1.165, 1.54) is 19.0 Å². The van der Waals surface area contributed by atoms with Gasteiger partial charge in [0.2, 0.25) is 11.8 Å². The highest BCUT2D eigenvalue weighted by atomic mass is 35.5. The van der Waals surface area contributed by atoms with E-state index in [4.69, 9.17) is 23.2 Å². The van der Waals surface area contributed by atoms with Gasteiger partial charge in [-0.1, -0.05) is 67.2 Å². The number of para-hydroxylation sites is 1. The molecule has 1 fully saturated rings. The topological polar surface area (TPSA) is 90.0 Å². The summed E-state index contributed by atoms with van der Waals surface area (Å²) in [6.07, 6.45) is 4.27. The summed E-state index contributed by atoms with van der Waals surface area (Å²) in [4.78, 5) is 28.7. The summed E-state index contributed by atoms with van der Waals surface area (Å²) < 4.78 is 28.5. The van der Waals surface area contributed by atoms with Gasteiger partial charge in [0.1, 0.15) is 12.6 Å². The lowest BCUT2D eigenvalue weighted by Gasteiger charge is -2.34. The molecule has 1 N–H and O–H groups in total. The van der Waals surface area contributed by atoms with E-state index in [-0.39, 0.29) is 18.5 Å². The Morgan fingerprint density at radius 3 is 2.27 bits per heavy atom. The zero-order valence-corrected chi connectivity index (χ0v) is 23.7. The van der Waals surface area contributed by atoms with Gasteiger partial charge >= 0.3 is 10.2 Å². The van der Waals surface area contributed by atoms with Crippen LogP contribution in [0.15, 0.2) is 48.5 Å². The third kappa shape index (κ3) is 7.37. The molecule has 2 aromatic rings. The lowest BCUT2D eigenvalue weighted by Crippen LogP contribution is -2.54. The Hall–Kier alpha value is -2.33. The van der Waals surface area contributed by atoms with Gasteiger partial charge in [-0.2, -0.15) is 12.7 Å². The van der Waals surface area contributed by atoms with Crippen LogP contribution in [0.4, 0.5) is 5.69 Å². The van der Waals surface area contributed by atoms with Crippen LogP contribution in [0.25, 0.3) is 0 Å². The molecule has 0 bridgehead atoms. The Morgan fingerprint density at radius 2 is 1.70 bits per heavy atom. The van der Waals surface area contributed by atoms with Crippen LogP contribution in [0.5, 0.6) is 0 Å². The van der Waals surface area contributed by atoms with E-state index >= 15 is 0 Å². The number of amides is 2. The molecule has 0 unspecified atom stereocenters. The number of nitrogens with zero attached hydrogens (tertiary/aromatic N) is 3. The van der Waals surface area contributed by atoms with Crippen molar-refractivity contribution in [3.05, 3.63) is 64.1 Å². The van der Waals surface area contributed by atoms with Crippen molar-refractivity contribution in [2.24, 2.45) is 0 Å². The first-order valence-electron chi connectivity index (χ1n) is 12.3. The third-order valence-corrected chi connectivity index (χ3v) is 8.91. The fourth-order valence-corrected chi connectivity index (χ4v) is 5.96. The average molecular weight is 570 g/mol. The number of benzene rings is 2. The molecule has 1 saturated carbocycles. The van der Waals surface area contributed by atoms with Gasteiger partial charge in [-0.25, -0.2) is 4.31 Å². The van der Waals surface area contributed by atoms with E-state index in [1.54, 1.807) is 48.5 Å². The van der Waals surface area contributed by atoms with Gasteiger partial charge in [-0.3, -0.25) is 9.59 Å². The molecule has 8 nitrogen and oxygen atoms in total. The normalized spacial score (nSPS) is 15.0. The largest absolute Gasteiger partial charge is 0.352 e. The average Bonchev–Trinajstić information content (AvgIpc) is 3.36. The van der Waals surface area contributed by atoms with E-state index in [2.05, 4.69) is 5.32 Å². The molecule has 37 heavy (non-hydrogen) atoms. The van der Waals surface area contributed by atoms with E-state index in [9.17, 15) is 18.0 Å². The molecule has 1 aliphatic carbocycles. The summed E-state index contributed by atoms with van der Waals surface area (Å²) >= 11 is 12.5. The molecule has 0 aliphatic heterocycles. The van der Waals surface area contributed by atoms with E-state index in [0.717, 1.165) is 34.3 Å². The fraction of sp³-hybridized carbons (Fsp3) is 0.462. The highest BCUT2D eigenvalue weighted by Gasteiger charge is 2.34. The Morgan fingerprint density at radius 1 is 1.05 bits per heavy atom. The summed E-state index contributed by atoms with van der Waals surface area (Å²) in [5.74, 6) is -0.775. The summed E-state index contributed by atoms with van der Waals surface area (Å²) in [6.45, 7) is 1.37. The van der Waals surface area contributed by atoms with Crippen LogP contribution in [-0.2, 0) is 26.3 Å². The standard InChI is InChI=1S/C26H34Cl2N4O4S/c1-4-24(26(34)29-21-10-8-9-11-21)31(17-19-14-15-20(27)16-23(19)28)25(33)18-32(37(35,36)30(2)3)22-12-6-5-7-13-22/h5-7,12-16,21,24H,4,8-11,17-18H2,1-3H3,(H,29,34)/t24-/m0/s1. The summed E-state index contributed by atoms with van der Waals surface area (Å²) in [7, 11) is -1.19. The minimum Gasteiger partial charge on any atom is -0.352 e. The van der Waals surface area contributed by atoms with Crippen molar-refractivity contribution in [1.82, 2.24) is 14.5 Å². The highest BCUT2D eigenvalue weighted by molar-refractivity contribution is 7.90. The number of hydrogen-bond acceptors (Lipinski definition) is 4. The maximum Gasteiger partial charge on any atom is 0.304 e. The maximum absolute atomic E-state index is 13.9. The highest BCUT2D eigenvalue weighted by Crippen LogP contribution is 2.26. The predicted octanol–water partition coefficient (Wildman–Crippen LogP) is 4.47. The molecule has 2 aromatic carbocycles. The quantitative estimate of drug-likeness (QED) is 0.433. The van der Waals surface area contributed by atoms with Gasteiger partial charge in [0, 0.05) is 36.7 Å². The minimum atomic E-state index is -4.00. The molecule has 1 atom stereocenters. The first-order valence-corrected chi connectivity index (χ1v) is 14.5. The van der Waals surface area contributed by atoms with Gasteiger partial charge < -0.3 is 10.2 Å². The van der Waals surface area contributed by atoms with Crippen molar-refractivity contribution in [3.8, 4) is 0 Å². The van der Waals surface area contributed by atoms with Crippen molar-refractivity contribution in [1.29, 1.82) is 0 Å². The van der Waals surface area contributed by atoms with Crippen LogP contribution in [0.2, 0.25) is 10.0 Å². The van der Waals surface area contributed by atoms with Crippen molar-refractivity contribution >= 4 is 50.9 Å². The predicted molar refractivity (Wildman–Crippen MR) is 148 cm³/mol. The van der Waals surface area contributed by atoms with Gasteiger partial charge in [0.15, 0.2) is 0 Å². The molecular weight excluding hydrogens is 535 g/mol. The summed E-state index contributed by atoms with van der Waals surface area (Å²) in [6, 6.07) is 12.6. The van der Waals surface area contributed by atoms with Crippen LogP contribution < -0.4 is 9.62 Å². The second kappa shape index (κ2) is 13.0. The zero-order valence-electron chi connectivity index (χ0n) is 21.4. The molecule has 0 heterocycles. The van der Waals surface area contributed by atoms with Crippen molar-refractivity contribution in [2.75, 3.05) is 24.9 Å². The van der Waals surface area contributed by atoms with Crippen LogP contribution >= 0.6 is 23.2 Å². The Balaban J connectivity index is 1.97. The zero-order chi connectivity index (χ0) is 27.2. The van der Waals surface area contributed by atoms with Crippen LogP contribution in [0, 0.1) is 0 Å². The first-order chi connectivity index (χ1) is 17.5. The number of halogens is 2. The Labute approximate surface area is 229 Å². The van der Waals surface area contributed by atoms with Gasteiger partial charge in [-0.15, -0.1) is 0 Å². The fourth-order valence-electron chi connectivity index (χ4n) is 4.43. The summed E-state index contributed by atoms with van der Waals surface area (Å²) in [5.41, 5.74) is 0.950. The molecule has 0 aromatic heterocycles. The Bertz CT molecular complexity index is 1190. The van der Waals surface area contributed by atoms with Gasteiger partial charge in [0.05, 0.1) is 5.69 Å². The van der Waals surface area contributed by atoms with Crippen molar-refractivity contribution in [3.63, 3.8) is 0 Å². The minimum absolute atomic E-state index is 0.0239. The molecule has 0 radical (unpaired) electrons. The number of nitrogens with one attached hydrogen (secondary N) is 1. The smallest absolute Gasteiger partial charge is 0.304 e. The number of carbonyl (C=O) groups excluding carboxylic acids is 2. The van der Waals surface area contributed by atoms with E-state index in [0.29, 0.717) is 27.7 Å². The van der Waals surface area contributed by atoms with Crippen LogP contribution in [0.3, 0.4) is 0 Å². The lowest BCUT2D eigenvalue weighted by atomic mass is 10.1. The Kier molecular flexibility index (Phi) is 10.2. The van der Waals surface area contributed by atoms with Gasteiger partial charge in [-0.05, 0) is 49.1 Å². The van der Waals surface area contributed by atoms with Crippen molar-refractivity contribution < 1.29 is 18.0 Å². The second-order valence-electron chi connectivity index (χ2n) is 9.30. The molecule has 0 saturated heterocycles. The molecule has 11 heteroatoms. The van der Waals surface area contributed by atoms with Crippen molar-refractivity contribution in [2.45, 2.75) is 57.7 Å². The molecule has 0 spiro atoms. The molecular formula is C26H34Cl2N4O4S. The van der Waals surface area contributed by atoms with E-state index in [1.807, 2.05) is 6.92 Å². The van der Waals surface area contributed by atoms with Gasteiger partial charge in [0.25, 0.3) is 0 Å². The summed E-state index contributed by atoms with van der Waals surface area (Å²) in [5, 5.41) is 3.89. The van der Waals surface area contributed by atoms with E-state index < -0.39 is 28.7 Å². The van der Waals surface area contributed by atoms with Crippen LogP contribution in [-0.4, -0.2) is 62.2 Å². The molecule has 3 rings (SSSR count). The number of anilines is 1. The second-order valence-corrected chi connectivity index (χ2v) is 12.2. The molecule has 1 aliphatic rings. The number of rotatable bonds is 11. The first kappa shape index (κ1) is 29.2. The maximum atomic E-state index is 13.9. The molecule has 202 valence electrons. The lowest BCUT2D eigenvalue weighted by molar-refractivity contribution is -0.140. The SMILES string of the molecule is CC[C@@H](C(=O)NC1CCCC1)N(Cc1ccc(Cl)cc1Cl)C(=O)CN(c1ccccc1)S(=O)(=O)N(C)C. The number of hydrogen-bond donors (Lipinski definition) is 1. The number of carbonyl (C=O) groups is 2.